The van der Waals surface area contributed by atoms with E-state index in [1.165, 1.54) is 36.7 Å². The molecular weight excluding hydrogens is 342 g/mol. The van der Waals surface area contributed by atoms with Crippen LogP contribution in [0.2, 0.25) is 0 Å². The molecule has 0 spiro atoms. The molecule has 0 unspecified atom stereocenters. The number of aryl methyl sites for hydroxylation is 1. The van der Waals surface area contributed by atoms with Crippen LogP contribution in [0.1, 0.15) is 52.9 Å². The van der Waals surface area contributed by atoms with Gasteiger partial charge in [-0.05, 0) is 24.7 Å². The summed E-state index contributed by atoms with van der Waals surface area (Å²) in [5.41, 5.74) is 0.641. The van der Waals surface area contributed by atoms with E-state index in [1.54, 1.807) is 11.6 Å². The molecule has 3 heterocycles. The van der Waals surface area contributed by atoms with Gasteiger partial charge in [-0.15, -0.1) is 0 Å². The van der Waals surface area contributed by atoms with Crippen molar-refractivity contribution < 1.29 is 0 Å². The first kappa shape index (κ1) is 18.3. The zero-order valence-corrected chi connectivity index (χ0v) is 16.9. The van der Waals surface area contributed by atoms with Gasteiger partial charge in [0.25, 0.3) is 5.56 Å². The van der Waals surface area contributed by atoms with Crippen LogP contribution in [0, 0.1) is 11.8 Å². The number of rotatable bonds is 3. The Kier molecular flexibility index (Phi) is 4.64. The molecule has 0 aromatic carbocycles. The van der Waals surface area contributed by atoms with E-state index >= 15 is 0 Å². The predicted octanol–water partition coefficient (Wildman–Crippen LogP) is 2.34. The zero-order chi connectivity index (χ0) is 19.3. The molecule has 0 amide bonds. The van der Waals surface area contributed by atoms with Crippen LogP contribution in [0.3, 0.4) is 0 Å². The molecular formula is C20H31N5O2. The van der Waals surface area contributed by atoms with E-state index in [9.17, 15) is 9.59 Å². The lowest BCUT2D eigenvalue weighted by Crippen LogP contribution is -2.45. The highest BCUT2D eigenvalue weighted by Crippen LogP contribution is 2.32. The first-order valence-corrected chi connectivity index (χ1v) is 10.3. The van der Waals surface area contributed by atoms with E-state index < -0.39 is 0 Å². The van der Waals surface area contributed by atoms with Gasteiger partial charge in [0.15, 0.2) is 11.2 Å². The second kappa shape index (κ2) is 6.84. The Labute approximate surface area is 159 Å². The Balaban J connectivity index is 1.92. The predicted molar refractivity (Wildman–Crippen MR) is 107 cm³/mol. The molecule has 1 fully saturated rings. The maximum absolute atomic E-state index is 13.2. The van der Waals surface area contributed by atoms with E-state index in [0.29, 0.717) is 29.7 Å². The van der Waals surface area contributed by atoms with Gasteiger partial charge in [-0.2, -0.15) is 4.98 Å². The van der Waals surface area contributed by atoms with Crippen molar-refractivity contribution in [1.82, 2.24) is 18.7 Å². The Morgan fingerprint density at radius 1 is 1.11 bits per heavy atom. The summed E-state index contributed by atoms with van der Waals surface area (Å²) in [4.78, 5) is 33.2. The quantitative estimate of drug-likeness (QED) is 0.828. The van der Waals surface area contributed by atoms with Crippen LogP contribution >= 0.6 is 0 Å². The number of hydrogen-bond acceptors (Lipinski definition) is 4. The number of aromatic nitrogens is 4. The topological polar surface area (TPSA) is 65.1 Å². The molecule has 1 atom stereocenters. The van der Waals surface area contributed by atoms with Gasteiger partial charge in [0.2, 0.25) is 5.95 Å². The van der Waals surface area contributed by atoms with Crippen molar-refractivity contribution in [3.05, 3.63) is 20.8 Å². The van der Waals surface area contributed by atoms with Crippen molar-refractivity contribution >= 4 is 17.1 Å². The van der Waals surface area contributed by atoms with Crippen molar-refractivity contribution in [3.8, 4) is 0 Å². The average molecular weight is 374 g/mol. The summed E-state index contributed by atoms with van der Waals surface area (Å²) in [5.74, 6) is 1.56. The molecule has 1 aliphatic heterocycles. The number of anilines is 1. The normalized spacial score (nSPS) is 21.2. The van der Waals surface area contributed by atoms with Crippen molar-refractivity contribution in [2.24, 2.45) is 18.9 Å². The van der Waals surface area contributed by atoms with Crippen LogP contribution < -0.4 is 16.1 Å². The minimum Gasteiger partial charge on any atom is -0.339 e. The van der Waals surface area contributed by atoms with Crippen LogP contribution in [0.4, 0.5) is 5.95 Å². The van der Waals surface area contributed by atoms with E-state index in [0.717, 1.165) is 19.0 Å². The van der Waals surface area contributed by atoms with E-state index in [1.807, 2.05) is 13.8 Å². The minimum absolute atomic E-state index is 0.196. The Morgan fingerprint density at radius 2 is 1.81 bits per heavy atom. The largest absolute Gasteiger partial charge is 0.339 e. The molecule has 1 aliphatic carbocycles. The van der Waals surface area contributed by atoms with Gasteiger partial charge >= 0.3 is 5.69 Å². The fraction of sp³-hybridized carbons (Fsp3) is 0.750. The van der Waals surface area contributed by atoms with Gasteiger partial charge < -0.3 is 9.47 Å². The van der Waals surface area contributed by atoms with Gasteiger partial charge in [0, 0.05) is 32.7 Å². The lowest BCUT2D eigenvalue weighted by molar-refractivity contribution is 0.354. The number of fused-ring (bicyclic) bond motifs is 3. The molecule has 0 N–H and O–H groups in total. The molecule has 7 nitrogen and oxygen atoms in total. The SMILES string of the molecule is CC(C)Cn1c(=O)c2c(nc3n2C[C@H](C)CN3C2CCCCC2)n(C)c1=O. The summed E-state index contributed by atoms with van der Waals surface area (Å²) in [6.45, 7) is 8.47. The summed E-state index contributed by atoms with van der Waals surface area (Å²) < 4.78 is 5.01. The van der Waals surface area contributed by atoms with Crippen LogP contribution in [-0.2, 0) is 20.1 Å². The molecule has 27 heavy (non-hydrogen) atoms. The molecule has 148 valence electrons. The number of imidazole rings is 1. The van der Waals surface area contributed by atoms with Crippen LogP contribution in [-0.4, -0.2) is 31.3 Å². The number of nitrogens with zero attached hydrogens (tertiary/aromatic N) is 5. The summed E-state index contributed by atoms with van der Waals surface area (Å²) in [7, 11) is 1.73. The Bertz CT molecular complexity index is 961. The van der Waals surface area contributed by atoms with Gasteiger partial charge in [0.05, 0.1) is 0 Å². The summed E-state index contributed by atoms with van der Waals surface area (Å²) in [5, 5.41) is 0. The standard InChI is InChI=1S/C20H31N5O2/c1-13(2)10-25-18(26)16-17(22(4)20(25)27)21-19-23(11-14(3)12-24(16)19)15-8-6-5-7-9-15/h13-15H,5-12H2,1-4H3/t14-/m1/s1. The fourth-order valence-electron chi connectivity index (χ4n) is 4.77. The van der Waals surface area contributed by atoms with Crippen molar-refractivity contribution in [2.75, 3.05) is 11.4 Å². The second-order valence-electron chi connectivity index (χ2n) is 8.90. The van der Waals surface area contributed by atoms with Gasteiger partial charge in [0.1, 0.15) is 0 Å². The monoisotopic (exact) mass is 373 g/mol. The van der Waals surface area contributed by atoms with Crippen molar-refractivity contribution in [3.63, 3.8) is 0 Å². The van der Waals surface area contributed by atoms with Crippen molar-refractivity contribution in [1.29, 1.82) is 0 Å². The summed E-state index contributed by atoms with van der Waals surface area (Å²) in [6, 6.07) is 0.493. The van der Waals surface area contributed by atoms with Crippen LogP contribution in [0.15, 0.2) is 9.59 Å². The molecule has 0 radical (unpaired) electrons. The van der Waals surface area contributed by atoms with Crippen LogP contribution in [0.25, 0.3) is 11.2 Å². The fourth-order valence-corrected chi connectivity index (χ4v) is 4.77. The summed E-state index contributed by atoms with van der Waals surface area (Å²) in [6.07, 6.45) is 6.20. The lowest BCUT2D eigenvalue weighted by atomic mass is 9.93. The van der Waals surface area contributed by atoms with Gasteiger partial charge in [-0.1, -0.05) is 40.0 Å². The molecule has 2 aromatic rings. The van der Waals surface area contributed by atoms with E-state index in [4.69, 9.17) is 4.98 Å². The Morgan fingerprint density at radius 3 is 2.48 bits per heavy atom. The molecule has 0 bridgehead atoms. The summed E-state index contributed by atoms with van der Waals surface area (Å²) >= 11 is 0. The first-order chi connectivity index (χ1) is 12.9. The molecule has 2 aromatic heterocycles. The van der Waals surface area contributed by atoms with Gasteiger partial charge in [-0.25, -0.2) is 4.79 Å². The third-order valence-electron chi connectivity index (χ3n) is 6.04. The maximum Gasteiger partial charge on any atom is 0.332 e. The third kappa shape index (κ3) is 3.01. The lowest BCUT2D eigenvalue weighted by Gasteiger charge is -2.40. The smallest absolute Gasteiger partial charge is 0.332 e. The minimum atomic E-state index is -0.270. The second-order valence-corrected chi connectivity index (χ2v) is 8.90. The molecule has 4 rings (SSSR count). The molecule has 7 heteroatoms. The van der Waals surface area contributed by atoms with Crippen molar-refractivity contribution in [2.45, 2.75) is 72.0 Å². The molecule has 1 saturated carbocycles. The maximum atomic E-state index is 13.2. The van der Waals surface area contributed by atoms with Crippen LogP contribution in [0.5, 0.6) is 0 Å². The highest BCUT2D eigenvalue weighted by Gasteiger charge is 2.33. The highest BCUT2D eigenvalue weighted by atomic mass is 16.2. The molecule has 0 saturated heterocycles. The number of hydrogen-bond donors (Lipinski definition) is 0. The zero-order valence-electron chi connectivity index (χ0n) is 16.9. The third-order valence-corrected chi connectivity index (χ3v) is 6.04. The molecule has 2 aliphatic rings. The highest BCUT2D eigenvalue weighted by molar-refractivity contribution is 5.75. The Hall–Kier alpha value is -2.05. The van der Waals surface area contributed by atoms with E-state index in [-0.39, 0.29) is 17.2 Å². The first-order valence-electron chi connectivity index (χ1n) is 10.3. The average Bonchev–Trinajstić information content (AvgIpc) is 3.03. The van der Waals surface area contributed by atoms with E-state index in [2.05, 4.69) is 16.4 Å². The van der Waals surface area contributed by atoms with Gasteiger partial charge in [-0.3, -0.25) is 13.9 Å².